The second-order valence-electron chi connectivity index (χ2n) is 13.7. The zero-order chi connectivity index (χ0) is 34.1. The van der Waals surface area contributed by atoms with Gasteiger partial charge in [0, 0.05) is 36.8 Å². The number of benzene rings is 2. The molecule has 0 amide bonds. The highest BCUT2D eigenvalue weighted by Gasteiger charge is 2.45. The first-order chi connectivity index (χ1) is 22.8. The number of halogens is 2. The molecule has 0 N–H and O–H groups in total. The number of rotatable bonds is 24. The van der Waals surface area contributed by atoms with Gasteiger partial charge < -0.3 is 4.42 Å². The Bertz CT molecular complexity index is 1120. The molecule has 0 aliphatic heterocycles. The van der Waals surface area contributed by atoms with Crippen molar-refractivity contribution in [3.8, 4) is 22.9 Å². The van der Waals surface area contributed by atoms with Crippen molar-refractivity contribution in [1.29, 1.82) is 0 Å². The highest BCUT2D eigenvalue weighted by Crippen LogP contribution is 2.73. The van der Waals surface area contributed by atoms with Crippen LogP contribution in [-0.4, -0.2) is 47.2 Å². The zero-order valence-electron chi connectivity index (χ0n) is 30.5. The summed E-state index contributed by atoms with van der Waals surface area (Å²) in [4.78, 5) is 0. The highest BCUT2D eigenvalue weighted by atomic mass is 35.5. The fourth-order valence-electron chi connectivity index (χ4n) is 6.85. The van der Waals surface area contributed by atoms with Gasteiger partial charge in [-0.3, -0.25) is 0 Å². The number of hydrogen-bond donors (Lipinski definition) is 0. The third-order valence-corrected chi connectivity index (χ3v) is 22.7. The molecule has 3 nitrogen and oxygen atoms in total. The lowest BCUT2D eigenvalue weighted by Gasteiger charge is -2.32. The third-order valence-electron chi connectivity index (χ3n) is 9.99. The lowest BCUT2D eigenvalue weighted by atomic mass is 10.1. The first kappa shape index (κ1) is 40.4. The van der Waals surface area contributed by atoms with Crippen molar-refractivity contribution in [2.75, 3.05) is 37.0 Å². The Balaban J connectivity index is 1.80. The van der Waals surface area contributed by atoms with E-state index in [9.17, 15) is 0 Å². The van der Waals surface area contributed by atoms with Gasteiger partial charge in [-0.1, -0.05) is 128 Å². The molecule has 7 heteroatoms. The van der Waals surface area contributed by atoms with Gasteiger partial charge in [0.05, 0.1) is 37.0 Å². The normalized spacial score (nSPS) is 13.6. The van der Waals surface area contributed by atoms with E-state index < -0.39 is 14.5 Å². The largest absolute Gasteiger partial charge is 0.416 e. The summed E-state index contributed by atoms with van der Waals surface area (Å²) in [5, 5.41) is 9.10. The van der Waals surface area contributed by atoms with E-state index in [1.54, 1.807) is 0 Å². The smallest absolute Gasteiger partial charge is 0.248 e. The second-order valence-corrected chi connectivity index (χ2v) is 23.8. The molecule has 2 atom stereocenters. The van der Waals surface area contributed by atoms with Crippen LogP contribution in [0, 0.1) is 0 Å². The molecule has 0 saturated heterocycles. The summed E-state index contributed by atoms with van der Waals surface area (Å²) in [5.74, 6) is 1.09. The Labute approximate surface area is 299 Å². The van der Waals surface area contributed by atoms with Crippen molar-refractivity contribution in [2.24, 2.45) is 0 Å². The molecule has 47 heavy (non-hydrogen) atoms. The molecule has 3 rings (SSSR count). The molecule has 1 heterocycles. The summed E-state index contributed by atoms with van der Waals surface area (Å²) < 4.78 is 6.24. The maximum absolute atomic E-state index is 7.45. The van der Waals surface area contributed by atoms with Gasteiger partial charge >= 0.3 is 0 Å². The molecule has 1 aromatic heterocycles. The number of nitrogens with zero attached hydrogens (tertiary/aromatic N) is 2. The molecule has 262 valence electrons. The average Bonchev–Trinajstić information content (AvgIpc) is 3.61. The third kappa shape index (κ3) is 11.3. The first-order valence-corrected chi connectivity index (χ1v) is 24.6. The molecular weight excluding hydrogens is 657 g/mol. The number of alkyl halides is 2. The standard InChI is InChI=1S/C40H64Cl2N2OP2/c1-7-13-27-46(28-14-8-2,29-15-9-3)37(41)33-19-23-35(24-20-33)39-43-44-40(45-39)36-25-21-34(22-26-36)38(42)47(30-16-10-4,31-17-11-5)32-18-12-6/h19-26,37-38H,7-18,27-32H2,1-6H3/q+2. The van der Waals surface area contributed by atoms with Crippen LogP contribution in [0.25, 0.3) is 22.9 Å². The highest BCUT2D eigenvalue weighted by molar-refractivity contribution is 7.77. The Kier molecular flexibility index (Phi) is 18.3. The Morgan fingerprint density at radius 1 is 0.468 bits per heavy atom. The van der Waals surface area contributed by atoms with Crippen molar-refractivity contribution in [3.05, 3.63) is 59.7 Å². The van der Waals surface area contributed by atoms with E-state index in [1.165, 1.54) is 125 Å². The van der Waals surface area contributed by atoms with Crippen molar-refractivity contribution in [2.45, 2.75) is 129 Å². The summed E-state index contributed by atoms with van der Waals surface area (Å²) >= 11 is 14.9. The lowest BCUT2D eigenvalue weighted by Crippen LogP contribution is -2.14. The van der Waals surface area contributed by atoms with Crippen LogP contribution >= 0.6 is 37.7 Å². The first-order valence-electron chi connectivity index (χ1n) is 18.9. The molecule has 0 saturated carbocycles. The summed E-state index contributed by atoms with van der Waals surface area (Å²) in [6.07, 6.45) is 22.9. The molecule has 2 unspecified atom stereocenters. The Morgan fingerprint density at radius 2 is 0.723 bits per heavy atom. The van der Waals surface area contributed by atoms with Crippen LogP contribution in [-0.2, 0) is 0 Å². The Morgan fingerprint density at radius 3 is 0.957 bits per heavy atom. The van der Waals surface area contributed by atoms with E-state index in [0.717, 1.165) is 11.1 Å². The van der Waals surface area contributed by atoms with Crippen LogP contribution in [0.2, 0.25) is 0 Å². The second kappa shape index (κ2) is 21.3. The number of hydrogen-bond acceptors (Lipinski definition) is 3. The van der Waals surface area contributed by atoms with E-state index >= 15 is 0 Å². The molecule has 0 fully saturated rings. The molecule has 0 aliphatic carbocycles. The van der Waals surface area contributed by atoms with Gasteiger partial charge in [-0.15, -0.1) is 10.2 Å². The maximum Gasteiger partial charge on any atom is 0.248 e. The fourth-order valence-corrected chi connectivity index (χ4v) is 18.9. The van der Waals surface area contributed by atoms with E-state index in [2.05, 4.69) is 100 Å². The van der Waals surface area contributed by atoms with Crippen LogP contribution in [0.1, 0.15) is 140 Å². The molecule has 0 spiro atoms. The van der Waals surface area contributed by atoms with E-state index in [4.69, 9.17) is 27.6 Å². The molecule has 0 bridgehead atoms. The molecular formula is C40H64Cl2N2OP2+2. The van der Waals surface area contributed by atoms with Crippen LogP contribution in [0.15, 0.2) is 52.9 Å². The number of unbranched alkanes of at least 4 members (excludes halogenated alkanes) is 6. The fraction of sp³-hybridized carbons (Fsp3) is 0.650. The van der Waals surface area contributed by atoms with E-state index in [0.29, 0.717) is 11.8 Å². The molecule has 0 radical (unpaired) electrons. The minimum atomic E-state index is -1.31. The SMILES string of the molecule is CCCC[P+](CCCC)(CCCC)C(Cl)c1ccc(-c2nnc(-c3ccc(C(Cl)[P+](CCCC)(CCCC)CCCC)cc3)o2)cc1. The topological polar surface area (TPSA) is 38.9 Å². The summed E-state index contributed by atoms with van der Waals surface area (Å²) in [7, 11) is -2.63. The summed E-state index contributed by atoms with van der Waals surface area (Å²) in [5.41, 5.74) is 4.36. The van der Waals surface area contributed by atoms with Gasteiger partial charge in [-0.25, -0.2) is 0 Å². The van der Waals surface area contributed by atoms with Gasteiger partial charge in [0.25, 0.3) is 0 Å². The molecule has 2 aromatic carbocycles. The predicted octanol–water partition coefficient (Wildman–Crippen LogP) is 14.7. The quantitative estimate of drug-likeness (QED) is 0.0683. The van der Waals surface area contributed by atoms with Gasteiger partial charge in [-0.2, -0.15) is 0 Å². The van der Waals surface area contributed by atoms with Crippen LogP contribution in [0.5, 0.6) is 0 Å². The van der Waals surface area contributed by atoms with E-state index in [-0.39, 0.29) is 10.2 Å². The van der Waals surface area contributed by atoms with Gasteiger partial charge in [0.2, 0.25) is 11.8 Å². The zero-order valence-corrected chi connectivity index (χ0v) is 33.8. The van der Waals surface area contributed by atoms with Crippen LogP contribution < -0.4 is 0 Å². The van der Waals surface area contributed by atoms with Crippen molar-refractivity contribution in [3.63, 3.8) is 0 Å². The van der Waals surface area contributed by atoms with Gasteiger partial charge in [0.15, 0.2) is 10.2 Å². The summed E-state index contributed by atoms with van der Waals surface area (Å²) in [6, 6.07) is 17.3. The average molecular weight is 722 g/mol. The lowest BCUT2D eigenvalue weighted by molar-refractivity contribution is 0.584. The van der Waals surface area contributed by atoms with Crippen LogP contribution in [0.3, 0.4) is 0 Å². The maximum atomic E-state index is 7.45. The minimum absolute atomic E-state index is 0.107. The molecule has 3 aromatic rings. The molecule has 0 aliphatic rings. The number of aromatic nitrogens is 2. The monoisotopic (exact) mass is 720 g/mol. The summed E-state index contributed by atoms with van der Waals surface area (Å²) in [6.45, 7) is 13.8. The van der Waals surface area contributed by atoms with Crippen molar-refractivity contribution < 1.29 is 4.42 Å². The Hall–Kier alpha value is -0.980. The van der Waals surface area contributed by atoms with Crippen molar-refractivity contribution in [1.82, 2.24) is 10.2 Å². The predicted molar refractivity (Wildman–Crippen MR) is 215 cm³/mol. The minimum Gasteiger partial charge on any atom is -0.416 e. The van der Waals surface area contributed by atoms with Crippen molar-refractivity contribution >= 4 is 37.7 Å². The van der Waals surface area contributed by atoms with Gasteiger partial charge in [-0.05, 0) is 62.8 Å². The van der Waals surface area contributed by atoms with Gasteiger partial charge in [0.1, 0.15) is 0 Å². The van der Waals surface area contributed by atoms with Crippen LogP contribution in [0.4, 0.5) is 0 Å². The van der Waals surface area contributed by atoms with E-state index in [1.807, 2.05) is 0 Å².